The highest BCUT2D eigenvalue weighted by molar-refractivity contribution is 7.89. The molecule has 2 rings (SSSR count). The van der Waals surface area contributed by atoms with E-state index in [-0.39, 0.29) is 18.2 Å². The number of allylic oxidation sites excluding steroid dienone is 1. The Bertz CT molecular complexity index is 785. The van der Waals surface area contributed by atoms with Gasteiger partial charge in [-0.25, -0.2) is 13.1 Å². The van der Waals surface area contributed by atoms with Gasteiger partial charge in [0.25, 0.3) is 0 Å². The number of sulfonamides is 1. The lowest BCUT2D eigenvalue weighted by atomic mass is 9.95. The van der Waals surface area contributed by atoms with Crippen molar-refractivity contribution in [3.8, 4) is 0 Å². The predicted molar refractivity (Wildman–Crippen MR) is 103 cm³/mol. The Hall–Kier alpha value is -1.73. The number of aromatic nitrogens is 1. The van der Waals surface area contributed by atoms with Crippen LogP contribution in [-0.4, -0.2) is 36.5 Å². The van der Waals surface area contributed by atoms with Gasteiger partial charge in [-0.1, -0.05) is 26.8 Å². The molecule has 0 saturated carbocycles. The number of hydrogen-bond donors (Lipinski definition) is 1. The number of nitrogens with zero attached hydrogens (tertiary/aromatic N) is 2. The van der Waals surface area contributed by atoms with Crippen molar-refractivity contribution >= 4 is 15.9 Å². The molecule has 2 heterocycles. The average molecular weight is 380 g/mol. The van der Waals surface area contributed by atoms with Crippen molar-refractivity contribution < 1.29 is 13.2 Å². The molecular formula is C19H29N3O3S. The number of amides is 1. The molecule has 0 aromatic carbocycles. The second kappa shape index (κ2) is 8.77. The van der Waals surface area contributed by atoms with Crippen molar-refractivity contribution in [3.63, 3.8) is 0 Å². The SMILES string of the molecule is CCCS(=O)(=O)NCc1c(C)ncc2c1CCN(C(=O)/C=C/C(C)C)C2. The Morgan fingerprint density at radius 2 is 2.15 bits per heavy atom. The van der Waals surface area contributed by atoms with E-state index in [1.165, 1.54) is 0 Å². The summed E-state index contributed by atoms with van der Waals surface area (Å²) in [5, 5.41) is 0. The number of nitrogens with one attached hydrogen (secondary N) is 1. The first-order valence-corrected chi connectivity index (χ1v) is 10.8. The Morgan fingerprint density at radius 1 is 1.42 bits per heavy atom. The molecule has 0 saturated heterocycles. The topological polar surface area (TPSA) is 79.4 Å². The van der Waals surface area contributed by atoms with Gasteiger partial charge in [0.05, 0.1) is 5.75 Å². The molecule has 0 radical (unpaired) electrons. The van der Waals surface area contributed by atoms with Gasteiger partial charge in [-0.2, -0.15) is 0 Å². The van der Waals surface area contributed by atoms with Gasteiger partial charge < -0.3 is 4.90 Å². The third-order valence-electron chi connectivity index (χ3n) is 4.47. The molecule has 0 spiro atoms. The summed E-state index contributed by atoms with van der Waals surface area (Å²) in [5.74, 6) is 0.470. The number of carbonyl (C=O) groups excluding carboxylic acids is 1. The minimum atomic E-state index is -3.26. The van der Waals surface area contributed by atoms with Crippen molar-refractivity contribution in [2.75, 3.05) is 12.3 Å². The van der Waals surface area contributed by atoms with Crippen LogP contribution in [0.25, 0.3) is 0 Å². The number of aryl methyl sites for hydroxylation is 1. The second-order valence-corrected chi connectivity index (χ2v) is 9.01. The van der Waals surface area contributed by atoms with E-state index in [9.17, 15) is 13.2 Å². The van der Waals surface area contributed by atoms with E-state index in [4.69, 9.17) is 0 Å². The van der Waals surface area contributed by atoms with Crippen LogP contribution in [0.4, 0.5) is 0 Å². The lowest BCUT2D eigenvalue weighted by Gasteiger charge is -2.30. The highest BCUT2D eigenvalue weighted by Crippen LogP contribution is 2.24. The van der Waals surface area contributed by atoms with Crippen LogP contribution in [0, 0.1) is 12.8 Å². The zero-order valence-corrected chi connectivity index (χ0v) is 16.9. The molecule has 1 aromatic heterocycles. The molecule has 144 valence electrons. The van der Waals surface area contributed by atoms with Gasteiger partial charge in [0.15, 0.2) is 0 Å². The Labute approximate surface area is 156 Å². The third kappa shape index (κ3) is 5.38. The van der Waals surface area contributed by atoms with Gasteiger partial charge in [-0.15, -0.1) is 0 Å². The number of carbonyl (C=O) groups is 1. The maximum Gasteiger partial charge on any atom is 0.246 e. The van der Waals surface area contributed by atoms with Crippen LogP contribution < -0.4 is 4.72 Å². The van der Waals surface area contributed by atoms with Crippen molar-refractivity contribution in [2.45, 2.75) is 53.6 Å². The van der Waals surface area contributed by atoms with E-state index in [1.807, 2.05) is 38.7 Å². The molecule has 1 aliphatic rings. The fourth-order valence-corrected chi connectivity index (χ4v) is 4.09. The van der Waals surface area contributed by atoms with Crippen LogP contribution in [0.1, 0.15) is 49.6 Å². The maximum absolute atomic E-state index is 12.3. The van der Waals surface area contributed by atoms with E-state index >= 15 is 0 Å². The summed E-state index contributed by atoms with van der Waals surface area (Å²) in [5.41, 5.74) is 3.89. The highest BCUT2D eigenvalue weighted by Gasteiger charge is 2.23. The Balaban J connectivity index is 2.16. The summed E-state index contributed by atoms with van der Waals surface area (Å²) >= 11 is 0. The summed E-state index contributed by atoms with van der Waals surface area (Å²) in [6.07, 6.45) is 6.64. The summed E-state index contributed by atoms with van der Waals surface area (Å²) in [6.45, 7) is 9.21. The highest BCUT2D eigenvalue weighted by atomic mass is 32.2. The van der Waals surface area contributed by atoms with Crippen LogP contribution in [0.2, 0.25) is 0 Å². The molecule has 0 unspecified atom stereocenters. The summed E-state index contributed by atoms with van der Waals surface area (Å²) in [4.78, 5) is 18.5. The zero-order valence-electron chi connectivity index (χ0n) is 16.1. The molecule has 0 bridgehead atoms. The lowest BCUT2D eigenvalue weighted by Crippen LogP contribution is -2.36. The molecule has 6 nitrogen and oxygen atoms in total. The normalized spacial score (nSPS) is 14.9. The van der Waals surface area contributed by atoms with Gasteiger partial charge in [0.1, 0.15) is 0 Å². The molecule has 1 aliphatic heterocycles. The molecule has 26 heavy (non-hydrogen) atoms. The second-order valence-electron chi connectivity index (χ2n) is 7.08. The van der Waals surface area contributed by atoms with Crippen molar-refractivity contribution in [3.05, 3.63) is 40.7 Å². The fraction of sp³-hybridized carbons (Fsp3) is 0.579. The van der Waals surface area contributed by atoms with Gasteiger partial charge in [-0.05, 0) is 48.4 Å². The molecular weight excluding hydrogens is 350 g/mol. The first-order valence-electron chi connectivity index (χ1n) is 9.14. The molecule has 1 aromatic rings. The average Bonchev–Trinajstić information content (AvgIpc) is 2.58. The van der Waals surface area contributed by atoms with Gasteiger partial charge in [0, 0.05) is 31.5 Å². The van der Waals surface area contributed by atoms with Crippen LogP contribution in [0.5, 0.6) is 0 Å². The standard InChI is InChI=1S/C19H29N3O3S/c1-5-10-26(24,25)21-12-18-15(4)20-11-16-13-22(9-8-17(16)18)19(23)7-6-14(2)3/h6-7,11,14,21H,5,8-10,12-13H2,1-4H3/b7-6+. The fourth-order valence-electron chi connectivity index (χ4n) is 3.05. The van der Waals surface area contributed by atoms with Crippen LogP contribution in [0.15, 0.2) is 18.3 Å². The Kier molecular flexibility index (Phi) is 6.94. The van der Waals surface area contributed by atoms with Gasteiger partial charge >= 0.3 is 0 Å². The van der Waals surface area contributed by atoms with Crippen LogP contribution in [-0.2, 0) is 34.3 Å². The summed E-state index contributed by atoms with van der Waals surface area (Å²) in [6, 6.07) is 0. The smallest absolute Gasteiger partial charge is 0.246 e. The van der Waals surface area contributed by atoms with E-state index in [0.29, 0.717) is 31.8 Å². The molecule has 0 aliphatic carbocycles. The quantitative estimate of drug-likeness (QED) is 0.738. The number of fused-ring (bicyclic) bond motifs is 1. The lowest BCUT2D eigenvalue weighted by molar-refractivity contribution is -0.126. The number of rotatable bonds is 7. The van der Waals surface area contributed by atoms with Crippen molar-refractivity contribution in [2.24, 2.45) is 5.92 Å². The minimum absolute atomic E-state index is 0.00937. The summed E-state index contributed by atoms with van der Waals surface area (Å²) < 4.78 is 26.6. The minimum Gasteiger partial charge on any atom is -0.334 e. The molecule has 0 fully saturated rings. The molecule has 1 amide bonds. The van der Waals surface area contributed by atoms with E-state index in [0.717, 1.165) is 22.4 Å². The van der Waals surface area contributed by atoms with Gasteiger partial charge in [-0.3, -0.25) is 9.78 Å². The molecule has 0 atom stereocenters. The Morgan fingerprint density at radius 3 is 2.81 bits per heavy atom. The first-order chi connectivity index (χ1) is 12.2. The number of hydrogen-bond acceptors (Lipinski definition) is 4. The third-order valence-corrected chi connectivity index (χ3v) is 6.00. The summed E-state index contributed by atoms with van der Waals surface area (Å²) in [7, 11) is -3.26. The van der Waals surface area contributed by atoms with Crippen molar-refractivity contribution in [1.82, 2.24) is 14.6 Å². The monoisotopic (exact) mass is 379 g/mol. The molecule has 7 heteroatoms. The molecule has 1 N–H and O–H groups in total. The first kappa shape index (κ1) is 20.6. The number of pyridine rings is 1. The van der Waals surface area contributed by atoms with E-state index in [1.54, 1.807) is 12.3 Å². The largest absolute Gasteiger partial charge is 0.334 e. The zero-order chi connectivity index (χ0) is 19.3. The van der Waals surface area contributed by atoms with E-state index < -0.39 is 10.0 Å². The van der Waals surface area contributed by atoms with Gasteiger partial charge in [0.2, 0.25) is 15.9 Å². The van der Waals surface area contributed by atoms with Crippen LogP contribution in [0.3, 0.4) is 0 Å². The maximum atomic E-state index is 12.3. The predicted octanol–water partition coefficient (Wildman–Crippen LogP) is 2.32. The van der Waals surface area contributed by atoms with Crippen LogP contribution >= 0.6 is 0 Å². The van der Waals surface area contributed by atoms with E-state index in [2.05, 4.69) is 9.71 Å². The van der Waals surface area contributed by atoms with Crippen molar-refractivity contribution in [1.29, 1.82) is 0 Å².